The van der Waals surface area contributed by atoms with Crippen LogP contribution in [0.3, 0.4) is 0 Å². The lowest BCUT2D eigenvalue weighted by molar-refractivity contribution is 0.0696. The number of anilines is 1. The van der Waals surface area contributed by atoms with Gasteiger partial charge in [0.05, 0.1) is 18.4 Å². The van der Waals surface area contributed by atoms with E-state index in [2.05, 4.69) is 4.98 Å². The number of carboxylic acid groups (broad SMARTS) is 1. The monoisotopic (exact) mass is 448 g/mol. The molecule has 0 fully saturated rings. The molecule has 1 aromatic heterocycles. The highest BCUT2D eigenvalue weighted by Crippen LogP contribution is 2.41. The Labute approximate surface area is 176 Å². The van der Waals surface area contributed by atoms with Gasteiger partial charge in [-0.25, -0.2) is 14.2 Å². The summed E-state index contributed by atoms with van der Waals surface area (Å²) in [6.45, 7) is 0.224. The van der Waals surface area contributed by atoms with E-state index in [1.165, 1.54) is 53.2 Å². The number of benzene rings is 2. The van der Waals surface area contributed by atoms with E-state index >= 15 is 0 Å². The minimum Gasteiger partial charge on any atom is -0.495 e. The molecule has 0 unspecified atom stereocenters. The first-order valence-corrected chi connectivity index (χ1v) is 11.3. The fourth-order valence-corrected chi connectivity index (χ4v) is 6.03. The highest BCUT2D eigenvalue weighted by Gasteiger charge is 2.34. The lowest BCUT2D eigenvalue weighted by Gasteiger charge is -2.31. The van der Waals surface area contributed by atoms with Gasteiger partial charge in [0.2, 0.25) is 0 Å². The van der Waals surface area contributed by atoms with Gasteiger partial charge in [-0.15, -0.1) is 11.3 Å². The molecular formula is C20H17FN2O5S2. The van der Waals surface area contributed by atoms with Crippen LogP contribution in [-0.2, 0) is 16.4 Å². The number of aryl methyl sites for hydroxylation is 1. The van der Waals surface area contributed by atoms with Crippen molar-refractivity contribution in [2.45, 2.75) is 17.9 Å². The predicted octanol–water partition coefficient (Wildman–Crippen LogP) is 3.80. The van der Waals surface area contributed by atoms with Crippen molar-refractivity contribution >= 4 is 33.0 Å². The molecule has 0 radical (unpaired) electrons. The van der Waals surface area contributed by atoms with E-state index < -0.39 is 16.0 Å². The van der Waals surface area contributed by atoms with Crippen LogP contribution in [0, 0.1) is 5.82 Å². The molecule has 0 aliphatic carbocycles. The van der Waals surface area contributed by atoms with Crippen molar-refractivity contribution in [3.8, 4) is 16.3 Å². The molecule has 2 heterocycles. The third-order valence-corrected chi connectivity index (χ3v) is 7.53. The maximum atomic E-state index is 13.4. The Morgan fingerprint density at radius 1 is 1.27 bits per heavy atom. The molecule has 7 nitrogen and oxygen atoms in total. The van der Waals surface area contributed by atoms with Gasteiger partial charge in [-0.1, -0.05) is 0 Å². The van der Waals surface area contributed by atoms with E-state index in [4.69, 9.17) is 4.74 Å². The van der Waals surface area contributed by atoms with Crippen molar-refractivity contribution in [3.05, 3.63) is 58.7 Å². The number of carbonyl (C=O) groups is 1. The number of carboxylic acids is 1. The zero-order valence-corrected chi connectivity index (χ0v) is 17.5. The van der Waals surface area contributed by atoms with E-state index in [0.717, 1.165) is 11.3 Å². The van der Waals surface area contributed by atoms with Gasteiger partial charge in [0.15, 0.2) is 5.03 Å². The Hall–Kier alpha value is -2.98. The number of rotatable bonds is 5. The van der Waals surface area contributed by atoms with Crippen molar-refractivity contribution in [2.24, 2.45) is 0 Å². The smallest absolute Gasteiger partial charge is 0.335 e. The molecule has 30 heavy (non-hydrogen) atoms. The Morgan fingerprint density at radius 2 is 2.00 bits per heavy atom. The second-order valence-electron chi connectivity index (χ2n) is 6.67. The van der Waals surface area contributed by atoms with Crippen molar-refractivity contribution in [3.63, 3.8) is 0 Å². The van der Waals surface area contributed by atoms with E-state index in [0.29, 0.717) is 34.7 Å². The second kappa shape index (κ2) is 7.69. The van der Waals surface area contributed by atoms with Crippen LogP contribution in [0.1, 0.15) is 22.3 Å². The molecule has 0 saturated heterocycles. The van der Waals surface area contributed by atoms with Gasteiger partial charge in [-0.05, 0) is 54.8 Å². The average Bonchev–Trinajstić information content (AvgIpc) is 3.24. The van der Waals surface area contributed by atoms with Gasteiger partial charge in [0, 0.05) is 17.5 Å². The summed E-state index contributed by atoms with van der Waals surface area (Å²) in [5.41, 5.74) is 1.59. The standard InChI is InChI=1S/C20H17FN2O5S2/c1-28-16-10-14(20(24)25)9-13-3-2-8-23(18(13)16)30(26,27)17-11-29-19(22-17)12-4-6-15(21)7-5-12/h4-7,9-11H,2-3,8H2,1H3,(H,24,25). The first-order chi connectivity index (χ1) is 14.3. The van der Waals surface area contributed by atoms with Crippen LogP contribution >= 0.6 is 11.3 Å². The molecule has 0 bridgehead atoms. The zero-order chi connectivity index (χ0) is 21.5. The molecule has 0 amide bonds. The van der Waals surface area contributed by atoms with E-state index in [1.54, 1.807) is 0 Å². The molecule has 1 aliphatic rings. The Morgan fingerprint density at radius 3 is 2.67 bits per heavy atom. The van der Waals surface area contributed by atoms with E-state index in [-0.39, 0.29) is 28.7 Å². The van der Waals surface area contributed by atoms with Gasteiger partial charge < -0.3 is 9.84 Å². The summed E-state index contributed by atoms with van der Waals surface area (Å²) in [6.07, 6.45) is 1.07. The average molecular weight is 448 g/mol. The van der Waals surface area contributed by atoms with Crippen LogP contribution < -0.4 is 9.04 Å². The van der Waals surface area contributed by atoms with Crippen molar-refractivity contribution in [1.29, 1.82) is 0 Å². The largest absolute Gasteiger partial charge is 0.495 e. The number of fused-ring (bicyclic) bond motifs is 1. The molecule has 0 spiro atoms. The van der Waals surface area contributed by atoms with Gasteiger partial charge in [0.1, 0.15) is 16.6 Å². The van der Waals surface area contributed by atoms with Crippen LogP contribution in [0.2, 0.25) is 0 Å². The van der Waals surface area contributed by atoms with Crippen molar-refractivity contribution < 1.29 is 27.4 Å². The molecule has 4 rings (SSSR count). The Bertz CT molecular complexity index is 1210. The third-order valence-electron chi connectivity index (χ3n) is 4.81. The van der Waals surface area contributed by atoms with Crippen molar-refractivity contribution in [1.82, 2.24) is 4.98 Å². The fourth-order valence-electron chi connectivity index (χ4n) is 3.40. The third kappa shape index (κ3) is 3.52. The Balaban J connectivity index is 1.77. The normalized spacial score (nSPS) is 13.7. The SMILES string of the molecule is COc1cc(C(=O)O)cc2c1N(S(=O)(=O)c1csc(-c3ccc(F)cc3)n1)CCC2. The molecule has 0 atom stereocenters. The molecule has 2 aromatic carbocycles. The topological polar surface area (TPSA) is 96.8 Å². The minimum absolute atomic E-state index is 0.0390. The summed E-state index contributed by atoms with van der Waals surface area (Å²) in [6, 6.07) is 8.45. The van der Waals surface area contributed by atoms with Crippen LogP contribution in [0.5, 0.6) is 5.75 Å². The summed E-state index contributed by atoms with van der Waals surface area (Å²) in [7, 11) is -2.63. The number of nitrogens with zero attached hydrogens (tertiary/aromatic N) is 2. The number of thiazole rings is 1. The maximum absolute atomic E-state index is 13.4. The number of sulfonamides is 1. The molecular weight excluding hydrogens is 431 g/mol. The fraction of sp³-hybridized carbons (Fsp3) is 0.200. The second-order valence-corrected chi connectivity index (χ2v) is 9.34. The summed E-state index contributed by atoms with van der Waals surface area (Å²) in [4.78, 5) is 15.7. The number of ether oxygens (including phenoxy) is 1. The highest BCUT2D eigenvalue weighted by atomic mass is 32.2. The Kier molecular flexibility index (Phi) is 5.20. The molecule has 1 N–H and O–H groups in total. The number of aromatic nitrogens is 1. The van der Waals surface area contributed by atoms with Crippen LogP contribution in [-0.4, -0.2) is 38.1 Å². The first kappa shape index (κ1) is 20.3. The lowest BCUT2D eigenvalue weighted by atomic mass is 10.00. The minimum atomic E-state index is -4.01. The number of aromatic carboxylic acids is 1. The summed E-state index contributed by atoms with van der Waals surface area (Å²) in [5, 5.41) is 11.1. The molecule has 1 aliphatic heterocycles. The van der Waals surface area contributed by atoms with Gasteiger partial charge in [0.25, 0.3) is 10.0 Å². The number of halogens is 1. The van der Waals surface area contributed by atoms with Crippen LogP contribution in [0.15, 0.2) is 46.8 Å². The lowest BCUT2D eigenvalue weighted by Crippen LogP contribution is -2.36. The number of hydrogen-bond acceptors (Lipinski definition) is 6. The highest BCUT2D eigenvalue weighted by molar-refractivity contribution is 7.92. The number of hydrogen-bond donors (Lipinski definition) is 1. The van der Waals surface area contributed by atoms with Crippen molar-refractivity contribution in [2.75, 3.05) is 18.0 Å². The predicted molar refractivity (Wildman–Crippen MR) is 110 cm³/mol. The summed E-state index contributed by atoms with van der Waals surface area (Å²) >= 11 is 1.15. The molecule has 156 valence electrons. The molecule has 10 heteroatoms. The molecule has 0 saturated carbocycles. The van der Waals surface area contributed by atoms with Crippen LogP contribution in [0.25, 0.3) is 10.6 Å². The van der Waals surface area contributed by atoms with Crippen LogP contribution in [0.4, 0.5) is 10.1 Å². The van der Waals surface area contributed by atoms with Gasteiger partial charge >= 0.3 is 5.97 Å². The molecule has 3 aromatic rings. The van der Waals surface area contributed by atoms with Gasteiger partial charge in [-0.2, -0.15) is 8.42 Å². The van der Waals surface area contributed by atoms with E-state index in [1.807, 2.05) is 0 Å². The maximum Gasteiger partial charge on any atom is 0.335 e. The number of methoxy groups -OCH3 is 1. The quantitative estimate of drug-likeness (QED) is 0.638. The summed E-state index contributed by atoms with van der Waals surface area (Å²) < 4.78 is 46.5. The zero-order valence-electron chi connectivity index (χ0n) is 15.8. The van der Waals surface area contributed by atoms with E-state index in [9.17, 15) is 22.7 Å². The van der Waals surface area contributed by atoms with Gasteiger partial charge in [-0.3, -0.25) is 4.31 Å². The summed E-state index contributed by atoms with van der Waals surface area (Å²) in [5.74, 6) is -1.32. The first-order valence-electron chi connectivity index (χ1n) is 8.99.